The van der Waals surface area contributed by atoms with E-state index in [4.69, 9.17) is 9.84 Å². The number of hydrogen-bond acceptors (Lipinski definition) is 3. The summed E-state index contributed by atoms with van der Waals surface area (Å²) in [6.07, 6.45) is 0. The van der Waals surface area contributed by atoms with Crippen LogP contribution in [0.4, 0.5) is 0 Å². The highest BCUT2D eigenvalue weighted by Gasteiger charge is 2.19. The Balaban J connectivity index is 2.80. The van der Waals surface area contributed by atoms with Crippen LogP contribution in [-0.2, 0) is 4.74 Å². The lowest BCUT2D eigenvalue weighted by molar-refractivity contribution is -0.00815. The molecule has 0 aliphatic carbocycles. The maximum Gasteiger partial charge on any atom is 0.251 e. The van der Waals surface area contributed by atoms with Gasteiger partial charge >= 0.3 is 0 Å². The number of aliphatic hydroxyl groups excluding tert-OH is 1. The Hall–Kier alpha value is -1.83. The molecule has 0 heterocycles. The van der Waals surface area contributed by atoms with Crippen LogP contribution in [0.15, 0.2) is 18.2 Å². The number of amides is 1. The Bertz CT molecular complexity index is 553. The molecule has 0 spiro atoms. The molecule has 0 aliphatic rings. The Morgan fingerprint density at radius 1 is 1.38 bits per heavy atom. The Morgan fingerprint density at radius 2 is 2.10 bits per heavy atom. The average molecular weight is 289 g/mol. The van der Waals surface area contributed by atoms with Crippen molar-refractivity contribution in [3.05, 3.63) is 34.9 Å². The monoisotopic (exact) mass is 289 g/mol. The largest absolute Gasteiger partial charge is 0.384 e. The van der Waals surface area contributed by atoms with Gasteiger partial charge < -0.3 is 15.2 Å². The van der Waals surface area contributed by atoms with Crippen LogP contribution in [0, 0.1) is 18.8 Å². The Kier molecular flexibility index (Phi) is 6.41. The maximum absolute atomic E-state index is 12.2. The first-order chi connectivity index (χ1) is 9.88. The highest BCUT2D eigenvalue weighted by molar-refractivity contribution is 5.94. The molecule has 1 aromatic carbocycles. The summed E-state index contributed by atoms with van der Waals surface area (Å²) in [5.74, 6) is 5.25. The number of ether oxygens (including phenoxy) is 1. The van der Waals surface area contributed by atoms with Crippen molar-refractivity contribution in [2.75, 3.05) is 19.8 Å². The van der Waals surface area contributed by atoms with E-state index in [1.807, 2.05) is 39.8 Å². The summed E-state index contributed by atoms with van der Waals surface area (Å²) in [5.41, 5.74) is 1.84. The van der Waals surface area contributed by atoms with Gasteiger partial charge in [0.1, 0.15) is 6.61 Å². The summed E-state index contributed by atoms with van der Waals surface area (Å²) < 4.78 is 5.55. The molecule has 0 radical (unpaired) electrons. The van der Waals surface area contributed by atoms with Crippen LogP contribution in [0.2, 0.25) is 0 Å². The van der Waals surface area contributed by atoms with E-state index in [1.165, 1.54) is 0 Å². The van der Waals surface area contributed by atoms with Gasteiger partial charge in [-0.1, -0.05) is 11.8 Å². The third-order valence-electron chi connectivity index (χ3n) is 2.86. The van der Waals surface area contributed by atoms with Crippen molar-refractivity contribution in [1.82, 2.24) is 5.32 Å². The van der Waals surface area contributed by atoms with Gasteiger partial charge in [0.25, 0.3) is 5.91 Å². The number of rotatable bonds is 5. The number of aryl methyl sites for hydroxylation is 1. The van der Waals surface area contributed by atoms with E-state index in [2.05, 4.69) is 17.2 Å². The van der Waals surface area contributed by atoms with Gasteiger partial charge in [-0.05, 0) is 51.5 Å². The van der Waals surface area contributed by atoms with Crippen molar-refractivity contribution in [2.45, 2.75) is 33.3 Å². The van der Waals surface area contributed by atoms with E-state index in [-0.39, 0.29) is 12.5 Å². The predicted octanol–water partition coefficient (Wildman–Crippen LogP) is 1.88. The van der Waals surface area contributed by atoms with E-state index in [0.29, 0.717) is 18.7 Å². The van der Waals surface area contributed by atoms with Crippen LogP contribution < -0.4 is 5.32 Å². The van der Waals surface area contributed by atoms with E-state index in [0.717, 1.165) is 11.1 Å². The van der Waals surface area contributed by atoms with Gasteiger partial charge in [-0.2, -0.15) is 0 Å². The first-order valence-corrected chi connectivity index (χ1v) is 7.01. The normalized spacial score (nSPS) is 10.7. The van der Waals surface area contributed by atoms with E-state index >= 15 is 0 Å². The van der Waals surface area contributed by atoms with Gasteiger partial charge in [-0.15, -0.1) is 0 Å². The van der Waals surface area contributed by atoms with Crippen molar-refractivity contribution < 1.29 is 14.6 Å². The predicted molar refractivity (Wildman–Crippen MR) is 83.2 cm³/mol. The number of carbonyl (C=O) groups is 1. The number of hydrogen-bond donors (Lipinski definition) is 2. The van der Waals surface area contributed by atoms with Crippen molar-refractivity contribution in [1.29, 1.82) is 0 Å². The van der Waals surface area contributed by atoms with Gasteiger partial charge in [0.05, 0.1) is 5.60 Å². The maximum atomic E-state index is 12.2. The summed E-state index contributed by atoms with van der Waals surface area (Å²) in [7, 11) is 0. The molecule has 0 saturated heterocycles. The number of aliphatic hydroxyl groups is 1. The summed E-state index contributed by atoms with van der Waals surface area (Å²) >= 11 is 0. The van der Waals surface area contributed by atoms with Crippen LogP contribution in [0.25, 0.3) is 0 Å². The molecule has 4 heteroatoms. The molecule has 0 fully saturated rings. The molecule has 0 saturated carbocycles. The van der Waals surface area contributed by atoms with Crippen molar-refractivity contribution in [3.8, 4) is 11.8 Å². The summed E-state index contributed by atoms with van der Waals surface area (Å²) in [6, 6.07) is 5.41. The minimum absolute atomic E-state index is 0.154. The summed E-state index contributed by atoms with van der Waals surface area (Å²) in [5, 5.41) is 11.6. The van der Waals surface area contributed by atoms with Crippen molar-refractivity contribution in [2.24, 2.45) is 0 Å². The van der Waals surface area contributed by atoms with E-state index in [1.54, 1.807) is 6.07 Å². The Labute approximate surface area is 126 Å². The highest BCUT2D eigenvalue weighted by Crippen LogP contribution is 2.11. The van der Waals surface area contributed by atoms with Gasteiger partial charge in [0.15, 0.2) is 0 Å². The zero-order chi connectivity index (χ0) is 15.9. The standard InChI is InChI=1S/C17H23NO3/c1-5-21-17(3,4)12-18-16(20)15-10-13(2)9-14(11-15)7-6-8-19/h9-11,19H,5,8,12H2,1-4H3,(H,18,20). The zero-order valence-corrected chi connectivity index (χ0v) is 13.1. The molecule has 0 aromatic heterocycles. The molecule has 0 aliphatic heterocycles. The van der Waals surface area contributed by atoms with Crippen LogP contribution >= 0.6 is 0 Å². The minimum atomic E-state index is -0.395. The van der Waals surface area contributed by atoms with E-state index in [9.17, 15) is 4.79 Å². The lowest BCUT2D eigenvalue weighted by Gasteiger charge is -2.24. The molecule has 1 aromatic rings. The fraction of sp³-hybridized carbons (Fsp3) is 0.471. The molecular formula is C17H23NO3. The lowest BCUT2D eigenvalue weighted by atomic mass is 10.1. The highest BCUT2D eigenvalue weighted by atomic mass is 16.5. The molecule has 114 valence electrons. The SMILES string of the molecule is CCOC(C)(C)CNC(=O)c1cc(C)cc(C#CCO)c1. The third-order valence-corrected chi connectivity index (χ3v) is 2.86. The first-order valence-electron chi connectivity index (χ1n) is 7.01. The summed E-state index contributed by atoms with van der Waals surface area (Å²) in [4.78, 5) is 12.2. The van der Waals surface area contributed by atoms with Crippen molar-refractivity contribution in [3.63, 3.8) is 0 Å². The molecule has 1 amide bonds. The second kappa shape index (κ2) is 7.82. The molecule has 1 rings (SSSR count). The smallest absolute Gasteiger partial charge is 0.251 e. The average Bonchev–Trinajstić information content (AvgIpc) is 2.42. The zero-order valence-electron chi connectivity index (χ0n) is 13.1. The Morgan fingerprint density at radius 3 is 2.71 bits per heavy atom. The first kappa shape index (κ1) is 17.2. The number of carbonyl (C=O) groups excluding carboxylic acids is 1. The molecular weight excluding hydrogens is 266 g/mol. The van der Waals surface area contributed by atoms with Crippen LogP contribution in [0.5, 0.6) is 0 Å². The summed E-state index contributed by atoms with van der Waals surface area (Å²) in [6.45, 7) is 8.55. The lowest BCUT2D eigenvalue weighted by Crippen LogP contribution is -2.40. The van der Waals surface area contributed by atoms with Crippen LogP contribution in [-0.4, -0.2) is 36.4 Å². The van der Waals surface area contributed by atoms with Gasteiger partial charge in [-0.25, -0.2) is 0 Å². The molecule has 4 nitrogen and oxygen atoms in total. The number of nitrogens with one attached hydrogen (secondary N) is 1. The van der Waals surface area contributed by atoms with E-state index < -0.39 is 5.60 Å². The van der Waals surface area contributed by atoms with Gasteiger partial charge in [0, 0.05) is 24.3 Å². The fourth-order valence-corrected chi connectivity index (χ4v) is 1.96. The second-order valence-corrected chi connectivity index (χ2v) is 5.42. The van der Waals surface area contributed by atoms with Gasteiger partial charge in [0.2, 0.25) is 0 Å². The topological polar surface area (TPSA) is 58.6 Å². The number of benzene rings is 1. The molecule has 0 atom stereocenters. The van der Waals surface area contributed by atoms with Crippen molar-refractivity contribution >= 4 is 5.91 Å². The molecule has 0 bridgehead atoms. The second-order valence-electron chi connectivity index (χ2n) is 5.42. The van der Waals surface area contributed by atoms with Gasteiger partial charge in [-0.3, -0.25) is 4.79 Å². The fourth-order valence-electron chi connectivity index (χ4n) is 1.96. The molecule has 0 unspecified atom stereocenters. The van der Waals surface area contributed by atoms with Crippen LogP contribution in [0.3, 0.4) is 0 Å². The molecule has 2 N–H and O–H groups in total. The quantitative estimate of drug-likeness (QED) is 0.814. The minimum Gasteiger partial charge on any atom is -0.384 e. The molecule has 21 heavy (non-hydrogen) atoms. The van der Waals surface area contributed by atoms with Crippen LogP contribution in [0.1, 0.15) is 42.3 Å². The third kappa shape index (κ3) is 5.99.